The van der Waals surface area contributed by atoms with Crippen LogP contribution in [0.3, 0.4) is 0 Å². The zero-order valence-corrected chi connectivity index (χ0v) is 19.0. The van der Waals surface area contributed by atoms with E-state index in [4.69, 9.17) is 0 Å². The molecular weight excluding hydrogens is 480 g/mol. The molecule has 8 heteroatoms. The molecule has 0 saturated heterocycles. The van der Waals surface area contributed by atoms with Crippen LogP contribution in [0.2, 0.25) is 0 Å². The van der Waals surface area contributed by atoms with Crippen LogP contribution in [0, 0.1) is 23.6 Å². The average molecular weight is 509 g/mol. The largest absolute Gasteiger partial charge is 0.356 e. The normalized spacial score (nSPS) is 17.6. The topological polar surface area (TPSA) is 70.6 Å². The molecule has 2 fully saturated rings. The van der Waals surface area contributed by atoms with Gasteiger partial charge in [0, 0.05) is 26.4 Å². The van der Waals surface area contributed by atoms with E-state index in [9.17, 15) is 12.8 Å². The second kappa shape index (κ2) is 9.54. The Kier molecular flexibility index (Phi) is 7.91. The number of hydrogen-bond donors (Lipinski definition) is 2. The molecule has 0 bridgehead atoms. The van der Waals surface area contributed by atoms with Gasteiger partial charge in [-0.1, -0.05) is 6.07 Å². The second-order valence-electron chi connectivity index (χ2n) is 7.63. The Bertz CT molecular complexity index is 765. The maximum Gasteiger partial charge on any atom is 0.191 e. The Morgan fingerprint density at radius 1 is 1.19 bits per heavy atom. The summed E-state index contributed by atoms with van der Waals surface area (Å²) in [5, 5.41) is 6.58. The van der Waals surface area contributed by atoms with Crippen LogP contribution in [0.5, 0.6) is 0 Å². The van der Waals surface area contributed by atoms with Gasteiger partial charge in [-0.2, -0.15) is 0 Å². The summed E-state index contributed by atoms with van der Waals surface area (Å²) in [4.78, 5) is 4.24. The van der Waals surface area contributed by atoms with Crippen LogP contribution in [0.4, 0.5) is 4.39 Å². The fourth-order valence-electron chi connectivity index (χ4n) is 3.56. The highest BCUT2D eigenvalue weighted by Gasteiger charge is 2.41. The van der Waals surface area contributed by atoms with Crippen LogP contribution in [0.15, 0.2) is 23.2 Å². The number of halogens is 2. The first-order chi connectivity index (χ1) is 12.4. The lowest BCUT2D eigenvalue weighted by molar-refractivity contribution is 0.400. The van der Waals surface area contributed by atoms with E-state index in [1.54, 1.807) is 13.1 Å². The summed E-state index contributed by atoms with van der Waals surface area (Å²) >= 11 is 0. The van der Waals surface area contributed by atoms with E-state index in [1.165, 1.54) is 44.1 Å². The molecular formula is C19H29FIN3O2S. The average Bonchev–Trinajstić information content (AvgIpc) is 3.45. The molecule has 2 aliphatic carbocycles. The Labute approximate surface area is 178 Å². The van der Waals surface area contributed by atoms with E-state index in [2.05, 4.69) is 15.6 Å². The van der Waals surface area contributed by atoms with Crippen LogP contribution in [-0.4, -0.2) is 34.2 Å². The van der Waals surface area contributed by atoms with Crippen molar-refractivity contribution in [2.75, 3.05) is 19.8 Å². The summed E-state index contributed by atoms with van der Waals surface area (Å²) in [5.41, 5.74) is 1.25. The Morgan fingerprint density at radius 3 is 2.33 bits per heavy atom. The summed E-state index contributed by atoms with van der Waals surface area (Å²) in [6.45, 7) is 1.24. The third-order valence-corrected chi connectivity index (χ3v) is 6.05. The van der Waals surface area contributed by atoms with Crippen molar-refractivity contribution in [1.29, 1.82) is 0 Å². The summed E-state index contributed by atoms with van der Waals surface area (Å²) < 4.78 is 36.8. The van der Waals surface area contributed by atoms with Gasteiger partial charge in [0.1, 0.15) is 5.82 Å². The van der Waals surface area contributed by atoms with Crippen molar-refractivity contribution in [2.24, 2.45) is 22.7 Å². The molecule has 3 rings (SSSR count). The minimum absolute atomic E-state index is 0. The number of sulfone groups is 1. The molecule has 1 aromatic carbocycles. The number of rotatable bonds is 8. The fraction of sp³-hybridized carbons (Fsp3) is 0.632. The van der Waals surface area contributed by atoms with E-state index < -0.39 is 9.84 Å². The molecule has 27 heavy (non-hydrogen) atoms. The van der Waals surface area contributed by atoms with Crippen LogP contribution in [0.25, 0.3) is 0 Å². The first-order valence-corrected chi connectivity index (χ1v) is 11.3. The summed E-state index contributed by atoms with van der Waals surface area (Å²) in [6, 6.07) is 4.23. The third-order valence-electron chi connectivity index (χ3n) is 5.22. The molecule has 0 radical (unpaired) electrons. The minimum atomic E-state index is -3.18. The van der Waals surface area contributed by atoms with Crippen LogP contribution in [-0.2, 0) is 22.1 Å². The van der Waals surface area contributed by atoms with Crippen molar-refractivity contribution in [1.82, 2.24) is 10.6 Å². The van der Waals surface area contributed by atoms with Gasteiger partial charge < -0.3 is 10.6 Å². The molecule has 5 nitrogen and oxygen atoms in total. The van der Waals surface area contributed by atoms with E-state index in [1.807, 2.05) is 0 Å². The summed E-state index contributed by atoms with van der Waals surface area (Å²) in [5.74, 6) is 2.65. The summed E-state index contributed by atoms with van der Waals surface area (Å²) in [7, 11) is -1.47. The Balaban J connectivity index is 0.00000261. The predicted octanol–water partition coefficient (Wildman–Crippen LogP) is 3.09. The van der Waals surface area contributed by atoms with Crippen molar-refractivity contribution in [2.45, 2.75) is 38.0 Å². The lowest BCUT2D eigenvalue weighted by Gasteiger charge is -2.19. The van der Waals surface area contributed by atoms with E-state index in [-0.39, 0.29) is 35.5 Å². The Hall–Kier alpha value is -0.900. The highest BCUT2D eigenvalue weighted by atomic mass is 127. The molecule has 0 atom stereocenters. The molecule has 0 spiro atoms. The standard InChI is InChI=1S/C19H28FN3O2S.HI/c1-21-19(23-11-18(13-3-4-13)14-5-6-14)22-10-16-9-17(20)8-7-15(16)12-26(2,24)25;/h7-9,13-14,18H,3-6,10-12H2,1-2H3,(H2,21,22,23);1H. The minimum Gasteiger partial charge on any atom is -0.356 e. The molecule has 0 amide bonds. The zero-order valence-electron chi connectivity index (χ0n) is 15.9. The molecule has 0 aromatic heterocycles. The van der Waals surface area contributed by atoms with Crippen LogP contribution >= 0.6 is 24.0 Å². The van der Waals surface area contributed by atoms with Gasteiger partial charge in [-0.15, -0.1) is 24.0 Å². The monoisotopic (exact) mass is 509 g/mol. The fourth-order valence-corrected chi connectivity index (χ4v) is 4.41. The van der Waals surface area contributed by atoms with Crippen molar-refractivity contribution in [3.63, 3.8) is 0 Å². The van der Waals surface area contributed by atoms with E-state index >= 15 is 0 Å². The zero-order chi connectivity index (χ0) is 18.7. The molecule has 0 heterocycles. The maximum absolute atomic E-state index is 13.6. The molecule has 1 aromatic rings. The number of hydrogen-bond acceptors (Lipinski definition) is 3. The van der Waals surface area contributed by atoms with Gasteiger partial charge in [0.25, 0.3) is 0 Å². The highest BCUT2D eigenvalue weighted by Crippen LogP contribution is 2.48. The molecule has 152 valence electrons. The third kappa shape index (κ3) is 7.21. The first-order valence-electron chi connectivity index (χ1n) is 9.25. The number of nitrogens with one attached hydrogen (secondary N) is 2. The van der Waals surface area contributed by atoms with Gasteiger partial charge in [-0.05, 0) is 66.7 Å². The Morgan fingerprint density at radius 2 is 1.81 bits per heavy atom. The predicted molar refractivity (Wildman–Crippen MR) is 118 cm³/mol. The quantitative estimate of drug-likeness (QED) is 0.321. The van der Waals surface area contributed by atoms with Gasteiger partial charge in [-0.25, -0.2) is 12.8 Å². The molecule has 2 aliphatic rings. The van der Waals surface area contributed by atoms with Gasteiger partial charge in [0.15, 0.2) is 15.8 Å². The van der Waals surface area contributed by atoms with Crippen molar-refractivity contribution < 1.29 is 12.8 Å². The molecule has 2 saturated carbocycles. The first kappa shape index (κ1) is 22.4. The SMILES string of the molecule is CN=C(NCc1cc(F)ccc1CS(C)(=O)=O)NCC(C1CC1)C1CC1.I. The molecule has 0 aliphatic heterocycles. The molecule has 0 unspecified atom stereocenters. The number of guanidine groups is 1. The van der Waals surface area contributed by atoms with E-state index in [0.29, 0.717) is 23.6 Å². The van der Waals surface area contributed by atoms with Gasteiger partial charge in [0.2, 0.25) is 0 Å². The number of nitrogens with zero attached hydrogens (tertiary/aromatic N) is 1. The molecule has 2 N–H and O–H groups in total. The lowest BCUT2D eigenvalue weighted by Crippen LogP contribution is -2.40. The maximum atomic E-state index is 13.6. The highest BCUT2D eigenvalue weighted by molar-refractivity contribution is 14.0. The second-order valence-corrected chi connectivity index (χ2v) is 9.77. The van der Waals surface area contributed by atoms with Gasteiger partial charge in [-0.3, -0.25) is 4.99 Å². The van der Waals surface area contributed by atoms with Crippen LogP contribution < -0.4 is 10.6 Å². The van der Waals surface area contributed by atoms with Crippen molar-refractivity contribution in [3.8, 4) is 0 Å². The van der Waals surface area contributed by atoms with Gasteiger partial charge in [0.05, 0.1) is 5.75 Å². The number of aliphatic imine (C=N–C) groups is 1. The smallest absolute Gasteiger partial charge is 0.191 e. The van der Waals surface area contributed by atoms with E-state index in [0.717, 1.165) is 24.3 Å². The van der Waals surface area contributed by atoms with Crippen molar-refractivity contribution >= 4 is 39.8 Å². The van der Waals surface area contributed by atoms with Gasteiger partial charge >= 0.3 is 0 Å². The summed E-state index contributed by atoms with van der Waals surface area (Å²) in [6.07, 6.45) is 6.55. The lowest BCUT2D eigenvalue weighted by atomic mass is 9.98. The van der Waals surface area contributed by atoms with Crippen LogP contribution in [0.1, 0.15) is 36.8 Å². The van der Waals surface area contributed by atoms with Crippen molar-refractivity contribution in [3.05, 3.63) is 35.1 Å². The number of benzene rings is 1.